The van der Waals surface area contributed by atoms with Crippen molar-refractivity contribution >= 4 is 23.6 Å². The maximum absolute atomic E-state index is 13.0. The molecule has 3 aromatic rings. The van der Waals surface area contributed by atoms with Gasteiger partial charge in [-0.1, -0.05) is 60.7 Å². The van der Waals surface area contributed by atoms with E-state index in [9.17, 15) is 9.59 Å². The zero-order valence-electron chi connectivity index (χ0n) is 22.2. The van der Waals surface area contributed by atoms with Gasteiger partial charge in [0, 0.05) is 55.3 Å². The molecule has 1 saturated carbocycles. The summed E-state index contributed by atoms with van der Waals surface area (Å²) in [6.07, 6.45) is 4.85. The number of carbonyl (C=O) groups is 2. The molecule has 5 atom stereocenters. The number of amides is 2. The van der Waals surface area contributed by atoms with Crippen LogP contribution in [0.4, 0.5) is 0 Å². The number of nitrogens with one attached hydrogen (secondary N) is 1. The molecule has 2 amide bonds. The van der Waals surface area contributed by atoms with Gasteiger partial charge in [0.25, 0.3) is 5.91 Å². The van der Waals surface area contributed by atoms with Crippen LogP contribution in [0.3, 0.4) is 0 Å². The Bertz CT molecular complexity index is 1380. The molecule has 3 fully saturated rings. The molecule has 4 heterocycles. The fourth-order valence-electron chi connectivity index (χ4n) is 7.28. The zero-order valence-corrected chi connectivity index (χ0v) is 23.0. The molecule has 9 nitrogen and oxygen atoms in total. The maximum atomic E-state index is 13.0. The number of primary amides is 1. The first-order valence-electron chi connectivity index (χ1n) is 13.8. The number of likely N-dealkylation sites (tertiary alicyclic amines) is 1. The zero-order chi connectivity index (χ0) is 27.4. The molecule has 7 rings (SSSR count). The number of thioether (sulfide) groups is 1. The third kappa shape index (κ3) is 3.72. The summed E-state index contributed by atoms with van der Waals surface area (Å²) in [7, 11) is 1.61. The molecule has 206 valence electrons. The smallest absolute Gasteiger partial charge is 0.259 e. The van der Waals surface area contributed by atoms with Gasteiger partial charge in [-0.15, -0.1) is 11.8 Å². The number of rotatable bonds is 7. The van der Waals surface area contributed by atoms with Crippen molar-refractivity contribution in [1.29, 1.82) is 0 Å². The minimum absolute atomic E-state index is 0.01000. The van der Waals surface area contributed by atoms with Crippen LogP contribution >= 0.6 is 11.8 Å². The number of hydrogen-bond donors (Lipinski definition) is 2. The van der Waals surface area contributed by atoms with Gasteiger partial charge in [0.2, 0.25) is 5.91 Å². The highest BCUT2D eigenvalue weighted by atomic mass is 32.2. The summed E-state index contributed by atoms with van der Waals surface area (Å²) in [6, 6.07) is 21.4. The Morgan fingerprint density at radius 1 is 1.07 bits per heavy atom. The molecule has 40 heavy (non-hydrogen) atoms. The summed E-state index contributed by atoms with van der Waals surface area (Å²) in [5, 5.41) is 11.6. The number of fused-ring (bicyclic) bond motifs is 1. The second-order valence-electron chi connectivity index (χ2n) is 11.1. The number of methoxy groups -OCH3 is 1. The van der Waals surface area contributed by atoms with Crippen molar-refractivity contribution in [3.63, 3.8) is 0 Å². The second-order valence-corrected chi connectivity index (χ2v) is 12.3. The number of piperidine rings is 1. The molecule has 0 bridgehead atoms. The first-order valence-corrected chi connectivity index (χ1v) is 14.7. The lowest BCUT2D eigenvalue weighted by atomic mass is 9.83. The van der Waals surface area contributed by atoms with E-state index in [0.717, 1.165) is 24.5 Å². The topological polar surface area (TPSA) is 117 Å². The maximum Gasteiger partial charge on any atom is 0.259 e. The number of aromatic amines is 1. The van der Waals surface area contributed by atoms with Gasteiger partial charge in [0.15, 0.2) is 6.10 Å². The highest BCUT2D eigenvalue weighted by Crippen LogP contribution is 2.73. The van der Waals surface area contributed by atoms with E-state index in [-0.39, 0.29) is 45.6 Å². The molecule has 3 aliphatic heterocycles. The Hall–Kier alpha value is -3.63. The molecule has 0 radical (unpaired) electrons. The van der Waals surface area contributed by atoms with Crippen molar-refractivity contribution in [3.05, 3.63) is 95.6 Å². The van der Waals surface area contributed by atoms with E-state index in [1.165, 1.54) is 11.1 Å². The van der Waals surface area contributed by atoms with Crippen LogP contribution < -0.4 is 5.73 Å². The van der Waals surface area contributed by atoms with E-state index in [2.05, 4.69) is 81.0 Å². The Morgan fingerprint density at radius 3 is 2.27 bits per heavy atom. The predicted molar refractivity (Wildman–Crippen MR) is 151 cm³/mol. The summed E-state index contributed by atoms with van der Waals surface area (Å²) in [6.45, 7) is 1.45. The van der Waals surface area contributed by atoms with E-state index >= 15 is 0 Å². The minimum atomic E-state index is -0.460. The number of aromatic nitrogens is 3. The van der Waals surface area contributed by atoms with Crippen LogP contribution in [0.2, 0.25) is 0 Å². The van der Waals surface area contributed by atoms with E-state index in [1.54, 1.807) is 7.11 Å². The monoisotopic (exact) mass is 556 g/mol. The average molecular weight is 557 g/mol. The Morgan fingerprint density at radius 2 is 1.73 bits per heavy atom. The summed E-state index contributed by atoms with van der Waals surface area (Å²) >= 11 is 1.81. The van der Waals surface area contributed by atoms with Crippen molar-refractivity contribution in [2.75, 3.05) is 20.2 Å². The van der Waals surface area contributed by atoms with Gasteiger partial charge in [-0.05, 0) is 24.0 Å². The van der Waals surface area contributed by atoms with Gasteiger partial charge in [0.05, 0.1) is 17.1 Å². The van der Waals surface area contributed by atoms with Gasteiger partial charge in [-0.25, -0.2) is 0 Å². The molecule has 2 aromatic carbocycles. The Labute approximate surface area is 237 Å². The van der Waals surface area contributed by atoms with E-state index < -0.39 is 6.10 Å². The van der Waals surface area contributed by atoms with Crippen molar-refractivity contribution < 1.29 is 14.3 Å². The molecular formula is C30H32N6O3S. The molecule has 0 spiro atoms. The van der Waals surface area contributed by atoms with Crippen LogP contribution in [0.5, 0.6) is 0 Å². The van der Waals surface area contributed by atoms with Gasteiger partial charge in [-0.2, -0.15) is 15.4 Å². The van der Waals surface area contributed by atoms with E-state index in [0.29, 0.717) is 12.8 Å². The average Bonchev–Trinajstić information content (AvgIpc) is 3.39. The quantitative estimate of drug-likeness (QED) is 0.430. The first-order chi connectivity index (χ1) is 19.6. The molecule has 10 heteroatoms. The second kappa shape index (κ2) is 9.78. The van der Waals surface area contributed by atoms with Crippen molar-refractivity contribution in [2.24, 2.45) is 17.6 Å². The van der Waals surface area contributed by atoms with E-state index in [1.807, 2.05) is 29.1 Å². The van der Waals surface area contributed by atoms with Gasteiger partial charge < -0.3 is 15.4 Å². The van der Waals surface area contributed by atoms with Gasteiger partial charge in [-0.3, -0.25) is 14.5 Å². The van der Waals surface area contributed by atoms with Crippen LogP contribution in [0.25, 0.3) is 0 Å². The number of H-pyrrole nitrogens is 1. The fourth-order valence-corrected chi connectivity index (χ4v) is 9.14. The Kier molecular flexibility index (Phi) is 6.20. The van der Waals surface area contributed by atoms with Crippen molar-refractivity contribution in [3.8, 4) is 0 Å². The minimum Gasteiger partial charge on any atom is -0.373 e. The lowest BCUT2D eigenvalue weighted by Crippen LogP contribution is -2.64. The predicted octanol–water partition coefficient (Wildman–Crippen LogP) is 2.84. The highest BCUT2D eigenvalue weighted by Gasteiger charge is 2.72. The standard InChI is InChI=1S/C30H32N6O3S/c1-39-25-28(38)36-17-22(35-14-12-18(13-15-35)27(31)37)26(40-29(25)36)24-23(21-16-32-34-33-21)30(24,19-8-4-2-5-9-19)20-10-6-3-7-11-20/h2-11,16-18,23-26,29H,12-15H2,1H3,(H2,31,37)(H,32,33,34)/t23?,24?,25-,26?,29-/m0/s1. The lowest BCUT2D eigenvalue weighted by molar-refractivity contribution is -0.157. The molecule has 1 aliphatic carbocycles. The number of hydrogen-bond acceptors (Lipinski definition) is 7. The molecule has 3 unspecified atom stereocenters. The summed E-state index contributed by atoms with van der Waals surface area (Å²) in [4.78, 5) is 29.0. The number of benzene rings is 2. The van der Waals surface area contributed by atoms with Crippen LogP contribution in [0.15, 0.2) is 78.8 Å². The number of nitrogens with two attached hydrogens (primary N) is 1. The Balaban J connectivity index is 1.36. The molecule has 1 aromatic heterocycles. The largest absolute Gasteiger partial charge is 0.373 e. The van der Waals surface area contributed by atoms with Crippen molar-refractivity contribution in [1.82, 2.24) is 25.2 Å². The SMILES string of the molecule is CO[C@H]1C(=O)N2C=C(N3CCC(C(N)=O)CC3)C(C3C(c4cn[nH]n4)C3(c3ccccc3)c3ccccc3)S[C@@H]12. The third-order valence-corrected chi connectivity index (χ3v) is 10.8. The van der Waals surface area contributed by atoms with Crippen LogP contribution in [0.1, 0.15) is 35.6 Å². The fraction of sp³-hybridized carbons (Fsp3) is 0.400. The van der Waals surface area contributed by atoms with Crippen molar-refractivity contribution in [2.45, 2.75) is 40.9 Å². The molecule has 2 saturated heterocycles. The number of carbonyl (C=O) groups excluding carboxylic acids is 2. The van der Waals surface area contributed by atoms with Crippen LogP contribution in [0, 0.1) is 11.8 Å². The number of ether oxygens (including phenoxy) is 1. The highest BCUT2D eigenvalue weighted by molar-refractivity contribution is 8.00. The summed E-state index contributed by atoms with van der Waals surface area (Å²) in [5.74, 6) is -0.139. The molecule has 3 N–H and O–H groups in total. The normalized spacial score (nSPS) is 29.4. The summed E-state index contributed by atoms with van der Waals surface area (Å²) < 4.78 is 5.62. The van der Waals surface area contributed by atoms with Crippen LogP contribution in [-0.2, 0) is 19.7 Å². The van der Waals surface area contributed by atoms with Gasteiger partial charge >= 0.3 is 0 Å². The first kappa shape index (κ1) is 25.3. The summed E-state index contributed by atoms with van der Waals surface area (Å²) in [5.41, 5.74) is 9.85. The van der Waals surface area contributed by atoms with Crippen LogP contribution in [-0.4, -0.2) is 74.0 Å². The third-order valence-electron chi connectivity index (χ3n) is 9.24. The number of β-lactam (4-membered cyclic amide) rings is 1. The molecule has 4 aliphatic rings. The number of nitrogens with zero attached hydrogens (tertiary/aromatic N) is 4. The molecular weight excluding hydrogens is 524 g/mol. The lowest BCUT2D eigenvalue weighted by Gasteiger charge is -2.51. The van der Waals surface area contributed by atoms with E-state index in [4.69, 9.17) is 10.5 Å². The van der Waals surface area contributed by atoms with Gasteiger partial charge in [0.1, 0.15) is 5.37 Å².